The Balaban J connectivity index is 0.000000745. The average Bonchev–Trinajstić information content (AvgIpc) is 3.39. The first-order chi connectivity index (χ1) is 19.2. The summed E-state index contributed by atoms with van der Waals surface area (Å²) in [6.45, 7) is 2.19. The highest BCUT2D eigenvalue weighted by molar-refractivity contribution is 5.88. The molecule has 2 aromatic rings. The van der Waals surface area contributed by atoms with Crippen LogP contribution in [0.3, 0.4) is 0 Å². The molecule has 41 heavy (non-hydrogen) atoms. The first kappa shape index (κ1) is 33.0. The Kier molecular flexibility index (Phi) is 12.1. The number of hydrogen-bond acceptors (Lipinski definition) is 6. The zero-order valence-electron chi connectivity index (χ0n) is 22.1. The largest absolute Gasteiger partial charge is 0.490 e. The van der Waals surface area contributed by atoms with E-state index in [1.807, 2.05) is 0 Å². The van der Waals surface area contributed by atoms with Crippen molar-refractivity contribution in [3.05, 3.63) is 65.5 Å². The fraction of sp³-hybridized carbons (Fsp3) is 0.407. The van der Waals surface area contributed by atoms with Gasteiger partial charge in [0.25, 0.3) is 0 Å². The van der Waals surface area contributed by atoms with E-state index in [2.05, 4.69) is 5.32 Å². The maximum atomic E-state index is 13.9. The van der Waals surface area contributed by atoms with Crippen molar-refractivity contribution in [2.45, 2.75) is 63.5 Å². The van der Waals surface area contributed by atoms with E-state index >= 15 is 0 Å². The third-order valence-electron chi connectivity index (χ3n) is 6.05. The number of nitrogens with two attached hydrogens (primary N) is 1. The van der Waals surface area contributed by atoms with E-state index in [1.165, 1.54) is 13.0 Å². The topological polar surface area (TPSA) is 159 Å². The number of carbonyl (C=O) groups excluding carboxylic acids is 2. The number of carboxylic acids is 2. The first-order valence-corrected chi connectivity index (χ1v) is 12.5. The summed E-state index contributed by atoms with van der Waals surface area (Å²) in [5, 5.41) is 18.9. The SMILES string of the molecule is C[C@H](Oc1ccc(CNC(=O)[C@@H]2CCCN2C(=O)CC(N)Cc2ccccc2F)cc1)C(=O)O.O=C(O)C(F)(F)F. The number of aliphatic carboxylic acids is 2. The molecule has 1 aliphatic rings. The maximum Gasteiger partial charge on any atom is 0.490 e. The highest BCUT2D eigenvalue weighted by atomic mass is 19.4. The number of likely N-dealkylation sites (tertiary alicyclic amines) is 1. The number of ether oxygens (including phenoxy) is 1. The molecule has 1 saturated heterocycles. The van der Waals surface area contributed by atoms with E-state index in [9.17, 15) is 31.9 Å². The molecule has 1 fully saturated rings. The molecule has 14 heteroatoms. The highest BCUT2D eigenvalue weighted by Gasteiger charge is 2.38. The minimum absolute atomic E-state index is 0.0361. The summed E-state index contributed by atoms with van der Waals surface area (Å²) >= 11 is 0. The van der Waals surface area contributed by atoms with Crippen LogP contribution in [0.4, 0.5) is 17.6 Å². The lowest BCUT2D eigenvalue weighted by atomic mass is 10.0. The van der Waals surface area contributed by atoms with Gasteiger partial charge in [0.1, 0.15) is 17.6 Å². The van der Waals surface area contributed by atoms with Crippen molar-refractivity contribution in [2.24, 2.45) is 5.73 Å². The number of carboxylic acid groups (broad SMARTS) is 2. The van der Waals surface area contributed by atoms with Gasteiger partial charge in [0.05, 0.1) is 0 Å². The lowest BCUT2D eigenvalue weighted by molar-refractivity contribution is -0.192. The van der Waals surface area contributed by atoms with E-state index < -0.39 is 36.3 Å². The normalized spacial score (nSPS) is 16.1. The summed E-state index contributed by atoms with van der Waals surface area (Å²) < 4.78 is 50.9. The molecular formula is C27H31F4N3O7. The van der Waals surface area contributed by atoms with Crippen LogP contribution in [0, 0.1) is 5.82 Å². The Morgan fingerprint density at radius 3 is 2.27 bits per heavy atom. The van der Waals surface area contributed by atoms with Gasteiger partial charge in [-0.15, -0.1) is 0 Å². The molecule has 0 bridgehead atoms. The Morgan fingerprint density at radius 1 is 1.10 bits per heavy atom. The fourth-order valence-corrected chi connectivity index (χ4v) is 3.95. The summed E-state index contributed by atoms with van der Waals surface area (Å²) in [4.78, 5) is 46.9. The molecular weight excluding hydrogens is 554 g/mol. The Labute approximate surface area is 233 Å². The summed E-state index contributed by atoms with van der Waals surface area (Å²) in [5.74, 6) is -4.19. The van der Waals surface area contributed by atoms with Gasteiger partial charge in [-0.25, -0.2) is 14.0 Å². The van der Waals surface area contributed by atoms with Gasteiger partial charge in [0.15, 0.2) is 6.10 Å². The molecule has 1 heterocycles. The third-order valence-corrected chi connectivity index (χ3v) is 6.05. The first-order valence-electron chi connectivity index (χ1n) is 12.5. The summed E-state index contributed by atoms with van der Waals surface area (Å²) in [6.07, 6.45) is -4.47. The molecule has 5 N–H and O–H groups in total. The number of benzene rings is 2. The molecule has 224 valence electrons. The second kappa shape index (κ2) is 15.0. The lowest BCUT2D eigenvalue weighted by Crippen LogP contribution is -2.47. The van der Waals surface area contributed by atoms with Crippen LogP contribution in [0.2, 0.25) is 0 Å². The van der Waals surface area contributed by atoms with Gasteiger partial charge < -0.3 is 30.9 Å². The fourth-order valence-electron chi connectivity index (χ4n) is 3.95. The number of rotatable bonds is 10. The van der Waals surface area contributed by atoms with Crippen LogP contribution in [0.25, 0.3) is 0 Å². The van der Waals surface area contributed by atoms with Crippen molar-refractivity contribution in [2.75, 3.05) is 6.54 Å². The number of halogens is 4. The van der Waals surface area contributed by atoms with E-state index in [0.717, 1.165) is 12.0 Å². The van der Waals surface area contributed by atoms with Crippen molar-refractivity contribution in [3.63, 3.8) is 0 Å². The van der Waals surface area contributed by atoms with Crippen LogP contribution < -0.4 is 15.8 Å². The van der Waals surface area contributed by atoms with Gasteiger partial charge in [-0.3, -0.25) is 9.59 Å². The molecule has 0 radical (unpaired) electrons. The van der Waals surface area contributed by atoms with Crippen molar-refractivity contribution < 1.29 is 51.7 Å². The van der Waals surface area contributed by atoms with Gasteiger partial charge in [-0.1, -0.05) is 30.3 Å². The van der Waals surface area contributed by atoms with E-state index in [1.54, 1.807) is 47.4 Å². The van der Waals surface area contributed by atoms with E-state index in [4.69, 9.17) is 25.5 Å². The summed E-state index contributed by atoms with van der Waals surface area (Å²) in [5.41, 5.74) is 7.38. The van der Waals surface area contributed by atoms with Crippen LogP contribution in [0.1, 0.15) is 37.3 Å². The van der Waals surface area contributed by atoms with Gasteiger partial charge in [-0.2, -0.15) is 13.2 Å². The molecule has 1 aliphatic heterocycles. The molecule has 3 rings (SSSR count). The molecule has 0 aliphatic carbocycles. The maximum absolute atomic E-state index is 13.9. The van der Waals surface area contributed by atoms with Crippen molar-refractivity contribution in [1.82, 2.24) is 10.2 Å². The van der Waals surface area contributed by atoms with Gasteiger partial charge >= 0.3 is 18.1 Å². The van der Waals surface area contributed by atoms with Crippen molar-refractivity contribution in [3.8, 4) is 5.75 Å². The van der Waals surface area contributed by atoms with E-state index in [0.29, 0.717) is 24.3 Å². The number of amides is 2. The van der Waals surface area contributed by atoms with Crippen LogP contribution in [-0.4, -0.2) is 69.8 Å². The minimum Gasteiger partial charge on any atom is -0.479 e. The van der Waals surface area contributed by atoms with Crippen LogP contribution >= 0.6 is 0 Å². The van der Waals surface area contributed by atoms with Crippen LogP contribution in [0.15, 0.2) is 48.5 Å². The number of hydrogen-bond donors (Lipinski definition) is 4. The van der Waals surface area contributed by atoms with Gasteiger partial charge in [-0.05, 0) is 55.5 Å². The molecule has 0 spiro atoms. The quantitative estimate of drug-likeness (QED) is 0.310. The van der Waals surface area contributed by atoms with E-state index in [-0.39, 0.29) is 37.0 Å². The van der Waals surface area contributed by atoms with Crippen molar-refractivity contribution >= 4 is 23.8 Å². The predicted octanol–water partition coefficient (Wildman–Crippen LogP) is 2.88. The Morgan fingerprint density at radius 2 is 1.71 bits per heavy atom. The Hall–Kier alpha value is -4.20. The average molecular weight is 586 g/mol. The third kappa shape index (κ3) is 10.7. The number of alkyl halides is 3. The van der Waals surface area contributed by atoms with Crippen molar-refractivity contribution in [1.29, 1.82) is 0 Å². The zero-order chi connectivity index (χ0) is 30.7. The zero-order valence-corrected chi connectivity index (χ0v) is 22.1. The second-order valence-electron chi connectivity index (χ2n) is 9.27. The molecule has 3 atom stereocenters. The number of nitrogens with one attached hydrogen (secondary N) is 1. The van der Waals surface area contributed by atoms with Crippen LogP contribution in [-0.2, 0) is 32.1 Å². The molecule has 1 unspecified atom stereocenters. The Bertz CT molecular complexity index is 1210. The minimum atomic E-state index is -5.08. The van der Waals surface area contributed by atoms with Gasteiger partial charge in [0.2, 0.25) is 11.8 Å². The number of carbonyl (C=O) groups is 4. The van der Waals surface area contributed by atoms with Gasteiger partial charge in [0, 0.05) is 25.6 Å². The molecule has 2 aromatic carbocycles. The summed E-state index contributed by atoms with van der Waals surface area (Å²) in [7, 11) is 0. The molecule has 10 nitrogen and oxygen atoms in total. The molecule has 0 aromatic heterocycles. The molecule has 0 saturated carbocycles. The van der Waals surface area contributed by atoms with Crippen LogP contribution in [0.5, 0.6) is 5.75 Å². The predicted molar refractivity (Wildman–Crippen MR) is 137 cm³/mol. The molecule has 2 amide bonds. The summed E-state index contributed by atoms with van der Waals surface area (Å²) in [6, 6.07) is 12.0. The number of nitrogens with zero attached hydrogens (tertiary/aromatic N) is 1. The highest BCUT2D eigenvalue weighted by Crippen LogP contribution is 2.20. The lowest BCUT2D eigenvalue weighted by Gasteiger charge is -2.25. The standard InChI is InChI=1S/C25H30FN3O5.C2HF3O2/c1-16(25(32)33)34-20-10-8-17(9-11-20)15-28-24(31)22-7-4-12-29(22)23(30)14-19(27)13-18-5-2-3-6-21(18)26;3-2(4,5)1(6)7/h2-3,5-6,8-11,16,19,22H,4,7,12-15,27H2,1H3,(H,28,31)(H,32,33);(H,6,7)/t16-,19?,22-;/m0./s1. The smallest absolute Gasteiger partial charge is 0.479 e. The second-order valence-corrected chi connectivity index (χ2v) is 9.27. The monoisotopic (exact) mass is 585 g/mol.